The number of methoxy groups -OCH3 is 1. The van der Waals surface area contributed by atoms with E-state index < -0.39 is 24.5 Å². The number of ether oxygens (including phenoxy) is 2. The number of halogens is 1. The quantitative estimate of drug-likeness (QED) is 0.430. The van der Waals surface area contributed by atoms with Crippen molar-refractivity contribution in [2.75, 3.05) is 19.0 Å². The third kappa shape index (κ3) is 3.13. The smallest absolute Gasteiger partial charge is 0.300 e. The molecule has 1 aliphatic rings. The van der Waals surface area contributed by atoms with E-state index in [2.05, 4.69) is 10.3 Å². The van der Waals surface area contributed by atoms with Crippen LogP contribution in [0.15, 0.2) is 4.79 Å². The van der Waals surface area contributed by atoms with Crippen molar-refractivity contribution in [2.24, 2.45) is 7.05 Å². The second-order valence-corrected chi connectivity index (χ2v) is 5.65. The first-order chi connectivity index (χ1) is 9.86. The fraction of sp³-hybridized carbons (Fsp3) is 0.636. The molecule has 1 aromatic rings. The van der Waals surface area contributed by atoms with Gasteiger partial charge in [-0.1, -0.05) is 0 Å². The van der Waals surface area contributed by atoms with Crippen LogP contribution in [0.4, 0.5) is 5.82 Å². The van der Waals surface area contributed by atoms with Crippen molar-refractivity contribution in [1.29, 1.82) is 0 Å². The molecule has 0 spiro atoms. The fourth-order valence-electron chi connectivity index (χ4n) is 1.90. The summed E-state index contributed by atoms with van der Waals surface area (Å²) in [6.45, 7) is -0.144. The lowest BCUT2D eigenvalue weighted by atomic mass is 10.0. The Balaban J connectivity index is 2.28. The lowest BCUT2D eigenvalue weighted by Crippen LogP contribution is -2.55. The molecule has 2 rings (SSSR count). The zero-order valence-corrected chi connectivity index (χ0v) is 13.5. The van der Waals surface area contributed by atoms with Crippen LogP contribution in [0, 0.1) is 3.57 Å². The van der Waals surface area contributed by atoms with E-state index in [0.717, 1.165) is 0 Å². The number of aliphatic hydroxyl groups excluding tert-OH is 3. The Morgan fingerprint density at radius 2 is 2.10 bits per heavy atom. The molecule has 0 saturated carbocycles. The van der Waals surface area contributed by atoms with E-state index in [1.165, 1.54) is 18.7 Å². The van der Waals surface area contributed by atoms with E-state index in [9.17, 15) is 20.1 Å². The van der Waals surface area contributed by atoms with Gasteiger partial charge in [0.25, 0.3) is 5.56 Å². The monoisotopic (exact) mass is 413 g/mol. The van der Waals surface area contributed by atoms with Gasteiger partial charge in [0.05, 0.1) is 13.7 Å². The summed E-state index contributed by atoms with van der Waals surface area (Å²) in [6.07, 6.45) is -4.87. The van der Waals surface area contributed by atoms with Crippen LogP contribution in [0.5, 0.6) is 6.01 Å². The number of hydrogen-bond acceptors (Lipinski definition) is 8. The van der Waals surface area contributed by atoms with Crippen LogP contribution >= 0.6 is 22.6 Å². The number of aliphatic hydroxyl groups is 3. The SMILES string of the molecule is COc1nc(N[C@@H]2OC[C@@H](O)[C@@H](O)[C@@H]2O)c(I)c(=O)n1C. The maximum atomic E-state index is 12.0. The van der Waals surface area contributed by atoms with E-state index in [-0.39, 0.29) is 27.6 Å². The summed E-state index contributed by atoms with van der Waals surface area (Å²) in [5, 5.41) is 31.6. The van der Waals surface area contributed by atoms with Gasteiger partial charge in [-0.3, -0.25) is 9.36 Å². The summed E-state index contributed by atoms with van der Waals surface area (Å²) in [4.78, 5) is 16.1. The Bertz CT molecular complexity index is 580. The highest BCUT2D eigenvalue weighted by Crippen LogP contribution is 2.21. The van der Waals surface area contributed by atoms with Crippen LogP contribution < -0.4 is 15.6 Å². The number of aromatic nitrogens is 2. The van der Waals surface area contributed by atoms with Gasteiger partial charge in [0, 0.05) is 7.05 Å². The molecule has 10 heteroatoms. The first-order valence-corrected chi connectivity index (χ1v) is 7.17. The molecule has 0 amide bonds. The highest BCUT2D eigenvalue weighted by atomic mass is 127. The molecule has 21 heavy (non-hydrogen) atoms. The maximum absolute atomic E-state index is 12.0. The van der Waals surface area contributed by atoms with Crippen molar-refractivity contribution in [1.82, 2.24) is 9.55 Å². The molecule has 1 saturated heterocycles. The normalized spacial score (nSPS) is 29.2. The van der Waals surface area contributed by atoms with Crippen molar-refractivity contribution >= 4 is 28.4 Å². The number of nitrogens with one attached hydrogen (secondary N) is 1. The summed E-state index contributed by atoms with van der Waals surface area (Å²) < 4.78 is 11.7. The van der Waals surface area contributed by atoms with Crippen molar-refractivity contribution in [3.8, 4) is 6.01 Å². The lowest BCUT2D eigenvalue weighted by molar-refractivity contribution is -0.178. The summed E-state index contributed by atoms with van der Waals surface area (Å²) in [5.41, 5.74) is -0.323. The van der Waals surface area contributed by atoms with Crippen LogP contribution in [0.1, 0.15) is 0 Å². The molecule has 0 radical (unpaired) electrons. The minimum atomic E-state index is -1.36. The van der Waals surface area contributed by atoms with Crippen LogP contribution in [-0.4, -0.2) is 63.1 Å². The third-order valence-corrected chi connectivity index (χ3v) is 4.13. The van der Waals surface area contributed by atoms with Gasteiger partial charge in [0.15, 0.2) is 12.0 Å². The predicted octanol–water partition coefficient (Wildman–Crippen LogP) is -1.76. The second-order valence-electron chi connectivity index (χ2n) is 4.57. The molecule has 4 N–H and O–H groups in total. The molecule has 1 aromatic heterocycles. The number of anilines is 1. The lowest BCUT2D eigenvalue weighted by Gasteiger charge is -2.35. The zero-order valence-electron chi connectivity index (χ0n) is 11.4. The molecule has 0 bridgehead atoms. The van der Waals surface area contributed by atoms with Gasteiger partial charge in [0.1, 0.15) is 21.9 Å². The van der Waals surface area contributed by atoms with Gasteiger partial charge in [-0.05, 0) is 22.6 Å². The number of hydrogen-bond donors (Lipinski definition) is 4. The average molecular weight is 413 g/mol. The minimum absolute atomic E-state index is 0.0915. The summed E-state index contributed by atoms with van der Waals surface area (Å²) in [6, 6.07) is 0.0915. The largest absolute Gasteiger partial charge is 0.468 e. The van der Waals surface area contributed by atoms with Gasteiger partial charge in [-0.25, -0.2) is 0 Å². The molecular formula is C11H16IN3O6. The molecule has 0 unspecified atom stereocenters. The molecule has 0 aromatic carbocycles. The van der Waals surface area contributed by atoms with Gasteiger partial charge >= 0.3 is 6.01 Å². The van der Waals surface area contributed by atoms with E-state index in [0.29, 0.717) is 0 Å². The molecule has 4 atom stereocenters. The van der Waals surface area contributed by atoms with E-state index in [4.69, 9.17) is 9.47 Å². The first-order valence-electron chi connectivity index (χ1n) is 6.09. The average Bonchev–Trinajstić information content (AvgIpc) is 2.48. The number of nitrogens with zero attached hydrogens (tertiary/aromatic N) is 2. The van der Waals surface area contributed by atoms with Crippen LogP contribution in [0.3, 0.4) is 0 Å². The number of rotatable bonds is 3. The fourth-order valence-corrected chi connectivity index (χ4v) is 2.54. The molecular weight excluding hydrogens is 397 g/mol. The van der Waals surface area contributed by atoms with E-state index in [1.807, 2.05) is 22.6 Å². The van der Waals surface area contributed by atoms with Crippen molar-refractivity contribution in [2.45, 2.75) is 24.5 Å². The van der Waals surface area contributed by atoms with Gasteiger partial charge in [0.2, 0.25) is 0 Å². The standard InChI is InChI=1S/C11H16IN3O6/c1-15-10(19)5(12)8(14-11(15)20-2)13-9-7(18)6(17)4(16)3-21-9/h4,6-7,9,13,16-18H,3H2,1-2H3/t4-,6-,7+,9-/m1/s1. The summed E-state index contributed by atoms with van der Waals surface area (Å²) in [5.74, 6) is 0.170. The third-order valence-electron chi connectivity index (χ3n) is 3.16. The Hall–Kier alpha value is -0.950. The Labute approximate surface area is 133 Å². The van der Waals surface area contributed by atoms with Crippen molar-refractivity contribution in [3.63, 3.8) is 0 Å². The Morgan fingerprint density at radius 1 is 1.43 bits per heavy atom. The maximum Gasteiger partial charge on any atom is 0.300 e. The van der Waals surface area contributed by atoms with Crippen molar-refractivity contribution in [3.05, 3.63) is 13.9 Å². The van der Waals surface area contributed by atoms with Crippen LogP contribution in [0.2, 0.25) is 0 Å². The van der Waals surface area contributed by atoms with E-state index in [1.54, 1.807) is 0 Å². The summed E-state index contributed by atoms with van der Waals surface area (Å²) in [7, 11) is 2.90. The minimum Gasteiger partial charge on any atom is -0.468 e. The highest BCUT2D eigenvalue weighted by molar-refractivity contribution is 14.1. The van der Waals surface area contributed by atoms with Crippen LogP contribution in [0.25, 0.3) is 0 Å². The molecule has 118 valence electrons. The van der Waals surface area contributed by atoms with Crippen molar-refractivity contribution < 1.29 is 24.8 Å². The molecule has 0 aliphatic carbocycles. The van der Waals surface area contributed by atoms with Gasteiger partial charge in [-0.15, -0.1) is 0 Å². The van der Waals surface area contributed by atoms with Crippen LogP contribution in [-0.2, 0) is 11.8 Å². The molecule has 9 nitrogen and oxygen atoms in total. The first kappa shape index (κ1) is 16.4. The molecule has 1 fully saturated rings. The highest BCUT2D eigenvalue weighted by Gasteiger charge is 2.38. The van der Waals surface area contributed by atoms with Gasteiger partial charge < -0.3 is 30.1 Å². The Morgan fingerprint density at radius 3 is 2.71 bits per heavy atom. The Kier molecular flexibility index (Phi) is 5.03. The molecule has 2 heterocycles. The second kappa shape index (κ2) is 6.44. The zero-order chi connectivity index (χ0) is 15.7. The topological polar surface area (TPSA) is 126 Å². The molecule has 1 aliphatic heterocycles. The summed E-state index contributed by atoms with van der Waals surface area (Å²) >= 11 is 1.81. The van der Waals surface area contributed by atoms with Gasteiger partial charge in [-0.2, -0.15) is 4.98 Å². The van der Waals surface area contributed by atoms with E-state index >= 15 is 0 Å². The predicted molar refractivity (Wildman–Crippen MR) is 80.1 cm³/mol.